The Morgan fingerprint density at radius 1 is 1.06 bits per heavy atom. The van der Waals surface area contributed by atoms with Crippen LogP contribution < -0.4 is 4.90 Å². The van der Waals surface area contributed by atoms with Crippen LogP contribution >= 0.6 is 0 Å². The van der Waals surface area contributed by atoms with Crippen molar-refractivity contribution in [1.29, 1.82) is 0 Å². The maximum absolute atomic E-state index is 13.6. The minimum absolute atomic E-state index is 0.118. The normalized spacial score (nSPS) is 11.1. The van der Waals surface area contributed by atoms with Crippen LogP contribution in [0.5, 0.6) is 0 Å². The highest BCUT2D eigenvalue weighted by Gasteiger charge is 2.32. The zero-order valence-electron chi connectivity index (χ0n) is 17.3. The molecule has 0 atom stereocenters. The van der Waals surface area contributed by atoms with Crippen molar-refractivity contribution >= 4 is 17.5 Å². The van der Waals surface area contributed by atoms with Crippen molar-refractivity contribution in [3.63, 3.8) is 0 Å². The van der Waals surface area contributed by atoms with E-state index in [1.807, 2.05) is 0 Å². The summed E-state index contributed by atoms with van der Waals surface area (Å²) in [6.07, 6.45) is -2.02. The van der Waals surface area contributed by atoms with Crippen molar-refractivity contribution in [1.82, 2.24) is 9.78 Å². The summed E-state index contributed by atoms with van der Waals surface area (Å²) in [6.45, 7) is -0.641. The number of hydrogen-bond donors (Lipinski definition) is 0. The monoisotopic (exact) mass is 447 g/mol. The Morgan fingerprint density at radius 3 is 2.38 bits per heavy atom. The molecule has 1 aromatic heterocycles. The summed E-state index contributed by atoms with van der Waals surface area (Å²) in [7, 11) is 2.61. The summed E-state index contributed by atoms with van der Waals surface area (Å²) >= 11 is 0. The third-order valence-corrected chi connectivity index (χ3v) is 4.51. The van der Waals surface area contributed by atoms with E-state index in [1.165, 1.54) is 44.6 Å². The summed E-state index contributed by atoms with van der Waals surface area (Å²) in [5, 5.41) is 3.90. The fraction of sp³-hybridized carbons (Fsp3) is 0.227. The molecular formula is C22H20F3N3O4. The van der Waals surface area contributed by atoms with Gasteiger partial charge in [0.05, 0.1) is 11.3 Å². The lowest BCUT2D eigenvalue weighted by Crippen LogP contribution is -2.40. The highest BCUT2D eigenvalue weighted by atomic mass is 19.3. The molecule has 2 aromatic carbocycles. The Hall–Kier alpha value is -3.50. The first kappa shape index (κ1) is 23.2. The zero-order chi connectivity index (χ0) is 23.3. The molecule has 0 aliphatic rings. The van der Waals surface area contributed by atoms with Crippen LogP contribution in [0.15, 0.2) is 54.7 Å². The second-order valence-electron chi connectivity index (χ2n) is 6.68. The van der Waals surface area contributed by atoms with E-state index in [-0.39, 0.29) is 12.4 Å². The summed E-state index contributed by atoms with van der Waals surface area (Å²) in [4.78, 5) is 27.0. The molecule has 0 saturated heterocycles. The molecule has 7 nitrogen and oxygen atoms in total. The number of para-hydroxylation sites is 1. The number of rotatable bonds is 8. The van der Waals surface area contributed by atoms with E-state index in [0.717, 1.165) is 15.8 Å². The molecule has 0 aliphatic carbocycles. The summed E-state index contributed by atoms with van der Waals surface area (Å²) in [5.74, 6) is -2.29. The number of benzene rings is 2. The minimum atomic E-state index is -3.01. The topological polar surface area (TPSA) is 73.7 Å². The van der Waals surface area contributed by atoms with E-state index >= 15 is 0 Å². The van der Waals surface area contributed by atoms with Gasteiger partial charge in [0, 0.05) is 26.0 Å². The van der Waals surface area contributed by atoms with E-state index in [9.17, 15) is 22.8 Å². The van der Waals surface area contributed by atoms with E-state index in [0.29, 0.717) is 11.1 Å². The van der Waals surface area contributed by atoms with Crippen molar-refractivity contribution in [2.75, 3.05) is 25.7 Å². The van der Waals surface area contributed by atoms with Crippen LogP contribution in [0, 0.1) is 5.82 Å². The summed E-state index contributed by atoms with van der Waals surface area (Å²) in [5.41, 5.74) is -0.172. The van der Waals surface area contributed by atoms with Gasteiger partial charge in [0.25, 0.3) is 18.2 Å². The van der Waals surface area contributed by atoms with Crippen LogP contribution in [-0.4, -0.2) is 42.4 Å². The number of carbonyl (C=O) groups is 2. The van der Waals surface area contributed by atoms with Gasteiger partial charge >= 0.3 is 0 Å². The minimum Gasteiger partial charge on any atom is -0.375 e. The third kappa shape index (κ3) is 4.87. The van der Waals surface area contributed by atoms with Crippen LogP contribution in [0.1, 0.15) is 22.5 Å². The molecule has 0 aliphatic heterocycles. The van der Waals surface area contributed by atoms with Crippen LogP contribution in [-0.2, 0) is 21.0 Å². The van der Waals surface area contributed by atoms with Crippen LogP contribution in [0.2, 0.25) is 0 Å². The van der Waals surface area contributed by atoms with Crippen LogP contribution in [0.4, 0.5) is 18.9 Å². The number of alkyl halides is 2. The Labute approximate surface area is 182 Å². The molecule has 32 heavy (non-hydrogen) atoms. The average molecular weight is 447 g/mol. The molecule has 3 rings (SSSR count). The number of halogens is 3. The fourth-order valence-corrected chi connectivity index (χ4v) is 3.15. The Balaban J connectivity index is 2.15. The van der Waals surface area contributed by atoms with E-state index in [4.69, 9.17) is 9.47 Å². The van der Waals surface area contributed by atoms with Gasteiger partial charge in [-0.3, -0.25) is 9.59 Å². The molecule has 0 unspecified atom stereocenters. The maximum Gasteiger partial charge on any atom is 0.286 e. The van der Waals surface area contributed by atoms with Gasteiger partial charge in [-0.25, -0.2) is 22.8 Å². The second kappa shape index (κ2) is 10.2. The highest BCUT2D eigenvalue weighted by Crippen LogP contribution is 2.33. The van der Waals surface area contributed by atoms with Crippen LogP contribution in [0.3, 0.4) is 0 Å². The van der Waals surface area contributed by atoms with Gasteiger partial charge < -0.3 is 9.47 Å². The van der Waals surface area contributed by atoms with Crippen molar-refractivity contribution in [2.45, 2.75) is 13.2 Å². The predicted molar refractivity (Wildman–Crippen MR) is 110 cm³/mol. The van der Waals surface area contributed by atoms with Gasteiger partial charge in [-0.15, -0.1) is 0 Å². The zero-order valence-corrected chi connectivity index (χ0v) is 17.3. The van der Waals surface area contributed by atoms with Gasteiger partial charge in [0.1, 0.15) is 19.2 Å². The molecule has 2 amide bonds. The lowest BCUT2D eigenvalue weighted by atomic mass is 10.0. The first-order valence-electron chi connectivity index (χ1n) is 9.43. The van der Waals surface area contributed by atoms with Gasteiger partial charge in [0.15, 0.2) is 5.69 Å². The predicted octanol–water partition coefficient (Wildman–Crippen LogP) is 4.05. The number of aromatic nitrogens is 2. The molecule has 0 saturated carbocycles. The standard InChI is InChI=1S/C22H20F3N3O4/c1-31-12-19(29)28(22(30)20-17(21(24)25)11-27(26-20)13-32-2)18-6-4-3-5-16(18)14-7-9-15(23)10-8-14/h3-11,21H,12-13H2,1-2H3. The van der Waals surface area contributed by atoms with Gasteiger partial charge in [-0.05, 0) is 23.8 Å². The second-order valence-corrected chi connectivity index (χ2v) is 6.68. The van der Waals surface area contributed by atoms with E-state index in [1.54, 1.807) is 18.2 Å². The van der Waals surface area contributed by atoms with Gasteiger partial charge in [-0.2, -0.15) is 5.10 Å². The molecule has 0 spiro atoms. The third-order valence-electron chi connectivity index (χ3n) is 4.51. The largest absolute Gasteiger partial charge is 0.375 e. The molecule has 0 N–H and O–H groups in total. The number of amides is 2. The Kier molecular flexibility index (Phi) is 7.39. The number of anilines is 1. The van der Waals surface area contributed by atoms with E-state index in [2.05, 4.69) is 5.10 Å². The first-order valence-corrected chi connectivity index (χ1v) is 9.43. The average Bonchev–Trinajstić information content (AvgIpc) is 3.20. The van der Waals surface area contributed by atoms with Crippen molar-refractivity contribution in [3.8, 4) is 11.1 Å². The molecule has 0 bridgehead atoms. The molecule has 0 fully saturated rings. The summed E-state index contributed by atoms with van der Waals surface area (Å²) in [6, 6.07) is 11.8. The summed E-state index contributed by atoms with van der Waals surface area (Å²) < 4.78 is 51.5. The lowest BCUT2D eigenvalue weighted by Gasteiger charge is -2.23. The number of hydrogen-bond acceptors (Lipinski definition) is 5. The van der Waals surface area contributed by atoms with Crippen LogP contribution in [0.25, 0.3) is 11.1 Å². The number of carbonyl (C=O) groups excluding carboxylic acids is 2. The number of ether oxygens (including phenoxy) is 2. The number of imide groups is 1. The Bertz CT molecular complexity index is 1100. The number of methoxy groups -OCH3 is 2. The molecular weight excluding hydrogens is 427 g/mol. The first-order chi connectivity index (χ1) is 15.4. The molecule has 168 valence electrons. The molecule has 1 heterocycles. The van der Waals surface area contributed by atoms with Gasteiger partial charge in [-0.1, -0.05) is 30.3 Å². The maximum atomic E-state index is 13.6. The quantitative estimate of drug-likeness (QED) is 0.521. The smallest absolute Gasteiger partial charge is 0.286 e. The van der Waals surface area contributed by atoms with Gasteiger partial charge in [0.2, 0.25) is 0 Å². The molecule has 0 radical (unpaired) electrons. The highest BCUT2D eigenvalue weighted by molar-refractivity contribution is 6.22. The SMILES string of the molecule is COCC(=O)N(C(=O)c1nn(COC)cc1C(F)F)c1ccccc1-c1ccc(F)cc1. The van der Waals surface area contributed by atoms with Crippen molar-refractivity contribution in [3.05, 3.63) is 71.8 Å². The lowest BCUT2D eigenvalue weighted by molar-refractivity contribution is -0.121. The number of nitrogens with zero attached hydrogens (tertiary/aromatic N) is 3. The Morgan fingerprint density at radius 2 is 1.75 bits per heavy atom. The van der Waals surface area contributed by atoms with E-state index < -0.39 is 41.9 Å². The fourth-order valence-electron chi connectivity index (χ4n) is 3.15. The molecule has 10 heteroatoms. The molecule has 3 aromatic rings. The van der Waals surface area contributed by atoms with Crippen molar-refractivity contribution < 1.29 is 32.2 Å². The van der Waals surface area contributed by atoms with Crippen molar-refractivity contribution in [2.24, 2.45) is 0 Å².